The number of nitrogens with zero attached hydrogens (tertiary/aromatic N) is 1. The summed E-state index contributed by atoms with van der Waals surface area (Å²) in [4.78, 5) is 12.9. The number of halogens is 3. The fourth-order valence-electron chi connectivity index (χ4n) is 2.33. The van der Waals surface area contributed by atoms with Gasteiger partial charge < -0.3 is 10.6 Å². The predicted octanol–water partition coefficient (Wildman–Crippen LogP) is 1.52. The van der Waals surface area contributed by atoms with Crippen LogP contribution < -0.4 is 10.6 Å². The monoisotopic (exact) mass is 295 g/mol. The Balaban J connectivity index is 2.12. The van der Waals surface area contributed by atoms with E-state index in [1.165, 1.54) is 4.90 Å². The van der Waals surface area contributed by atoms with Crippen molar-refractivity contribution in [1.29, 1.82) is 0 Å². The van der Waals surface area contributed by atoms with Crippen molar-refractivity contribution in [2.45, 2.75) is 51.4 Å². The molecule has 1 aliphatic rings. The van der Waals surface area contributed by atoms with Gasteiger partial charge in [-0.05, 0) is 39.8 Å². The zero-order chi connectivity index (χ0) is 15.2. The van der Waals surface area contributed by atoms with Gasteiger partial charge in [-0.1, -0.05) is 0 Å². The van der Waals surface area contributed by atoms with Gasteiger partial charge in [0.25, 0.3) is 0 Å². The number of amides is 1. The SMILES string of the molecule is CC(C)NC(=O)CCNC1CCN(CC(F)(F)F)CC1. The van der Waals surface area contributed by atoms with Crippen LogP contribution in [-0.2, 0) is 4.79 Å². The van der Waals surface area contributed by atoms with Gasteiger partial charge in [0.05, 0.1) is 6.54 Å². The number of hydrogen-bond donors (Lipinski definition) is 2. The zero-order valence-electron chi connectivity index (χ0n) is 12.1. The molecule has 1 saturated heterocycles. The summed E-state index contributed by atoms with van der Waals surface area (Å²) in [6, 6.07) is 0.347. The third kappa shape index (κ3) is 7.69. The van der Waals surface area contributed by atoms with Crippen molar-refractivity contribution >= 4 is 5.91 Å². The summed E-state index contributed by atoms with van der Waals surface area (Å²) in [5.41, 5.74) is 0. The summed E-state index contributed by atoms with van der Waals surface area (Å²) < 4.78 is 36.7. The van der Waals surface area contributed by atoms with Gasteiger partial charge in [-0.3, -0.25) is 9.69 Å². The van der Waals surface area contributed by atoms with Crippen LogP contribution in [0.1, 0.15) is 33.1 Å². The molecule has 0 radical (unpaired) electrons. The molecule has 1 amide bonds. The summed E-state index contributed by atoms with van der Waals surface area (Å²) in [5.74, 6) is 0.00186. The maximum Gasteiger partial charge on any atom is 0.401 e. The molecule has 1 heterocycles. The fraction of sp³-hybridized carbons (Fsp3) is 0.923. The summed E-state index contributed by atoms with van der Waals surface area (Å²) >= 11 is 0. The highest BCUT2D eigenvalue weighted by molar-refractivity contribution is 5.76. The second-order valence-corrected chi connectivity index (χ2v) is 5.59. The Hall–Kier alpha value is -0.820. The molecule has 118 valence electrons. The highest BCUT2D eigenvalue weighted by Gasteiger charge is 2.32. The van der Waals surface area contributed by atoms with Crippen molar-refractivity contribution in [2.75, 3.05) is 26.2 Å². The summed E-state index contributed by atoms with van der Waals surface area (Å²) in [6.45, 7) is 4.47. The molecule has 0 aliphatic carbocycles. The molecule has 0 aromatic rings. The molecule has 0 aromatic heterocycles. The molecule has 4 nitrogen and oxygen atoms in total. The van der Waals surface area contributed by atoms with E-state index in [4.69, 9.17) is 0 Å². The maximum absolute atomic E-state index is 12.2. The van der Waals surface area contributed by atoms with Crippen LogP contribution in [0.3, 0.4) is 0 Å². The van der Waals surface area contributed by atoms with Crippen LogP contribution in [0.5, 0.6) is 0 Å². The number of likely N-dealkylation sites (tertiary alicyclic amines) is 1. The van der Waals surface area contributed by atoms with Crippen LogP contribution in [0.25, 0.3) is 0 Å². The first-order valence-electron chi connectivity index (χ1n) is 7.08. The second kappa shape index (κ2) is 7.83. The topological polar surface area (TPSA) is 44.4 Å². The smallest absolute Gasteiger partial charge is 0.354 e. The highest BCUT2D eigenvalue weighted by atomic mass is 19.4. The standard InChI is InChI=1S/C13H24F3N3O/c1-10(2)18-12(20)3-6-17-11-4-7-19(8-5-11)9-13(14,15)16/h10-11,17H,3-9H2,1-2H3,(H,18,20). The number of hydrogen-bond acceptors (Lipinski definition) is 3. The van der Waals surface area contributed by atoms with Crippen molar-refractivity contribution in [3.63, 3.8) is 0 Å². The molecule has 1 rings (SSSR count). The molecule has 2 N–H and O–H groups in total. The molecule has 7 heteroatoms. The van der Waals surface area contributed by atoms with Gasteiger partial charge in [0.2, 0.25) is 5.91 Å². The lowest BCUT2D eigenvalue weighted by Crippen LogP contribution is -2.46. The van der Waals surface area contributed by atoms with E-state index in [-0.39, 0.29) is 18.0 Å². The van der Waals surface area contributed by atoms with Crippen LogP contribution in [-0.4, -0.2) is 55.2 Å². The number of piperidine rings is 1. The lowest BCUT2D eigenvalue weighted by Gasteiger charge is -2.32. The summed E-state index contributed by atoms with van der Waals surface area (Å²) in [5, 5.41) is 6.04. The Labute approximate surface area is 118 Å². The Kier molecular flexibility index (Phi) is 6.75. The maximum atomic E-state index is 12.2. The second-order valence-electron chi connectivity index (χ2n) is 5.59. The molecule has 0 saturated carbocycles. The molecule has 0 aromatic carbocycles. The first kappa shape index (κ1) is 17.2. The number of rotatable bonds is 6. The quantitative estimate of drug-likeness (QED) is 0.781. The van der Waals surface area contributed by atoms with E-state index in [9.17, 15) is 18.0 Å². The molecule has 20 heavy (non-hydrogen) atoms. The first-order valence-corrected chi connectivity index (χ1v) is 7.08. The third-order valence-corrected chi connectivity index (χ3v) is 3.23. The molecule has 1 fully saturated rings. The lowest BCUT2D eigenvalue weighted by atomic mass is 10.0. The molecular weight excluding hydrogens is 271 g/mol. The zero-order valence-corrected chi connectivity index (χ0v) is 12.1. The summed E-state index contributed by atoms with van der Waals surface area (Å²) in [7, 11) is 0. The molecule has 0 unspecified atom stereocenters. The largest absolute Gasteiger partial charge is 0.401 e. The van der Waals surface area contributed by atoms with Gasteiger partial charge in [-0.25, -0.2) is 0 Å². The molecule has 0 atom stereocenters. The van der Waals surface area contributed by atoms with E-state index in [2.05, 4.69) is 10.6 Å². The normalized spacial score (nSPS) is 18.5. The molecule has 0 bridgehead atoms. The van der Waals surface area contributed by atoms with Gasteiger partial charge in [0.15, 0.2) is 0 Å². The average Bonchev–Trinajstić information content (AvgIpc) is 2.28. The van der Waals surface area contributed by atoms with Crippen LogP contribution >= 0.6 is 0 Å². The lowest BCUT2D eigenvalue weighted by molar-refractivity contribution is -0.148. The van der Waals surface area contributed by atoms with E-state index in [1.54, 1.807) is 0 Å². The third-order valence-electron chi connectivity index (χ3n) is 3.23. The molecule has 0 spiro atoms. The Morgan fingerprint density at radius 2 is 1.90 bits per heavy atom. The van der Waals surface area contributed by atoms with Crippen LogP contribution in [0.2, 0.25) is 0 Å². The first-order chi connectivity index (χ1) is 9.26. The van der Waals surface area contributed by atoms with E-state index in [1.807, 2.05) is 13.8 Å². The summed E-state index contributed by atoms with van der Waals surface area (Å²) in [6.07, 6.45) is -2.32. The van der Waals surface area contributed by atoms with Gasteiger partial charge in [-0.2, -0.15) is 13.2 Å². The minimum absolute atomic E-state index is 0.00186. The number of alkyl halides is 3. The van der Waals surface area contributed by atoms with Crippen molar-refractivity contribution in [3.8, 4) is 0 Å². The number of carbonyl (C=O) groups is 1. The Bertz CT molecular complexity index is 300. The van der Waals surface area contributed by atoms with Crippen LogP contribution in [0, 0.1) is 0 Å². The minimum atomic E-state index is -4.12. The Morgan fingerprint density at radius 1 is 1.30 bits per heavy atom. The molecule has 1 aliphatic heterocycles. The van der Waals surface area contributed by atoms with E-state index >= 15 is 0 Å². The van der Waals surface area contributed by atoms with Gasteiger partial charge in [0, 0.05) is 25.0 Å². The fourth-order valence-corrected chi connectivity index (χ4v) is 2.33. The minimum Gasteiger partial charge on any atom is -0.354 e. The Morgan fingerprint density at radius 3 is 2.40 bits per heavy atom. The highest BCUT2D eigenvalue weighted by Crippen LogP contribution is 2.19. The van der Waals surface area contributed by atoms with E-state index in [0.29, 0.717) is 38.9 Å². The van der Waals surface area contributed by atoms with E-state index < -0.39 is 12.7 Å². The molecular formula is C13H24F3N3O. The van der Waals surface area contributed by atoms with Crippen LogP contribution in [0.4, 0.5) is 13.2 Å². The van der Waals surface area contributed by atoms with E-state index in [0.717, 1.165) is 0 Å². The predicted molar refractivity (Wildman–Crippen MR) is 71.4 cm³/mol. The van der Waals surface area contributed by atoms with Crippen molar-refractivity contribution < 1.29 is 18.0 Å². The van der Waals surface area contributed by atoms with Crippen LogP contribution in [0.15, 0.2) is 0 Å². The van der Waals surface area contributed by atoms with Crippen molar-refractivity contribution in [2.24, 2.45) is 0 Å². The van der Waals surface area contributed by atoms with Gasteiger partial charge in [-0.15, -0.1) is 0 Å². The van der Waals surface area contributed by atoms with Crippen molar-refractivity contribution in [1.82, 2.24) is 15.5 Å². The van der Waals surface area contributed by atoms with Crippen molar-refractivity contribution in [3.05, 3.63) is 0 Å². The average molecular weight is 295 g/mol. The van der Waals surface area contributed by atoms with Gasteiger partial charge >= 0.3 is 6.18 Å². The number of carbonyl (C=O) groups excluding carboxylic acids is 1. The van der Waals surface area contributed by atoms with Gasteiger partial charge in [0.1, 0.15) is 0 Å². The number of nitrogens with one attached hydrogen (secondary N) is 2.